The van der Waals surface area contributed by atoms with Gasteiger partial charge in [-0.3, -0.25) is 4.68 Å². The molecule has 0 aliphatic carbocycles. The van der Waals surface area contributed by atoms with Gasteiger partial charge in [0.1, 0.15) is 12.7 Å². The predicted octanol–water partition coefficient (Wildman–Crippen LogP) is 1.26. The zero-order valence-corrected chi connectivity index (χ0v) is 11.7. The number of hydrogen-bond acceptors (Lipinski definition) is 4. The van der Waals surface area contributed by atoms with E-state index in [0.717, 1.165) is 5.56 Å². The molecule has 0 spiro atoms. The highest BCUT2D eigenvalue weighted by molar-refractivity contribution is 7.92. The minimum atomic E-state index is -3.40. The van der Waals surface area contributed by atoms with Gasteiger partial charge in [-0.1, -0.05) is 30.3 Å². The summed E-state index contributed by atoms with van der Waals surface area (Å²) in [5.74, 6) is 0. The molecule has 0 atom stereocenters. The van der Waals surface area contributed by atoms with Crippen LogP contribution in [0.15, 0.2) is 48.4 Å². The van der Waals surface area contributed by atoms with Crippen LogP contribution >= 0.6 is 0 Å². The van der Waals surface area contributed by atoms with Gasteiger partial charge in [0.15, 0.2) is 0 Å². The molecule has 7 heteroatoms. The van der Waals surface area contributed by atoms with E-state index in [9.17, 15) is 8.42 Å². The normalized spacial score (nSPS) is 12.0. The van der Waals surface area contributed by atoms with Crippen molar-refractivity contribution in [2.45, 2.75) is 13.0 Å². The molecule has 0 aliphatic rings. The van der Waals surface area contributed by atoms with Gasteiger partial charge in [-0.25, -0.2) is 18.1 Å². The number of nitrogens with zero attached hydrogens (tertiary/aromatic N) is 3. The van der Waals surface area contributed by atoms with Gasteiger partial charge in [0, 0.05) is 18.5 Å². The molecule has 106 valence electrons. The fourth-order valence-electron chi connectivity index (χ4n) is 1.58. The zero-order valence-electron chi connectivity index (χ0n) is 10.9. The summed E-state index contributed by atoms with van der Waals surface area (Å²) in [6.07, 6.45) is 5.28. The van der Waals surface area contributed by atoms with Crippen molar-refractivity contribution in [2.75, 3.05) is 6.54 Å². The van der Waals surface area contributed by atoms with Crippen LogP contribution in [0.25, 0.3) is 6.08 Å². The maximum Gasteiger partial charge on any atom is 0.233 e. The monoisotopic (exact) mass is 292 g/mol. The average molecular weight is 292 g/mol. The molecule has 20 heavy (non-hydrogen) atoms. The van der Waals surface area contributed by atoms with Gasteiger partial charge in [0.25, 0.3) is 0 Å². The molecule has 0 saturated carbocycles. The molecular weight excluding hydrogens is 276 g/mol. The third-order valence-corrected chi connectivity index (χ3v) is 3.67. The van der Waals surface area contributed by atoms with Crippen LogP contribution in [-0.4, -0.2) is 29.7 Å². The van der Waals surface area contributed by atoms with Crippen LogP contribution in [0.4, 0.5) is 0 Å². The second-order valence-electron chi connectivity index (χ2n) is 4.16. The number of aromatic nitrogens is 3. The Hall–Kier alpha value is -1.99. The van der Waals surface area contributed by atoms with Crippen molar-refractivity contribution in [1.82, 2.24) is 19.5 Å². The van der Waals surface area contributed by atoms with Gasteiger partial charge >= 0.3 is 0 Å². The molecule has 1 N–H and O–H groups in total. The van der Waals surface area contributed by atoms with Crippen LogP contribution < -0.4 is 4.72 Å². The minimum Gasteiger partial charge on any atom is -0.253 e. The first-order valence-corrected chi connectivity index (χ1v) is 7.75. The summed E-state index contributed by atoms with van der Waals surface area (Å²) in [5, 5.41) is 5.12. The first-order valence-electron chi connectivity index (χ1n) is 6.21. The number of sulfonamides is 1. The quantitative estimate of drug-likeness (QED) is 0.779. The highest BCUT2D eigenvalue weighted by atomic mass is 32.2. The summed E-state index contributed by atoms with van der Waals surface area (Å²) in [6.45, 7) is 0.992. The molecule has 0 bridgehead atoms. The molecule has 0 saturated heterocycles. The Bertz CT molecular complexity index is 636. The van der Waals surface area contributed by atoms with Crippen LogP contribution in [0, 0.1) is 0 Å². The van der Waals surface area contributed by atoms with E-state index in [1.54, 1.807) is 17.1 Å². The highest BCUT2D eigenvalue weighted by Gasteiger charge is 2.03. The lowest BCUT2D eigenvalue weighted by atomic mass is 10.2. The van der Waals surface area contributed by atoms with Crippen molar-refractivity contribution in [3.8, 4) is 0 Å². The largest absolute Gasteiger partial charge is 0.253 e. The Morgan fingerprint density at radius 1 is 1.25 bits per heavy atom. The zero-order chi connectivity index (χ0) is 14.3. The highest BCUT2D eigenvalue weighted by Crippen LogP contribution is 2.02. The molecule has 0 radical (unpaired) electrons. The molecule has 1 heterocycles. The lowest BCUT2D eigenvalue weighted by Gasteiger charge is -2.03. The third-order valence-electron chi connectivity index (χ3n) is 2.57. The summed E-state index contributed by atoms with van der Waals surface area (Å²) in [6, 6.07) is 9.29. The number of rotatable bonds is 7. The molecule has 2 aromatic rings. The van der Waals surface area contributed by atoms with Gasteiger partial charge in [-0.2, -0.15) is 5.10 Å². The first kappa shape index (κ1) is 14.4. The second-order valence-corrected chi connectivity index (χ2v) is 5.82. The van der Waals surface area contributed by atoms with Crippen LogP contribution in [0.3, 0.4) is 0 Å². The van der Waals surface area contributed by atoms with Crippen LogP contribution in [0.5, 0.6) is 0 Å². The first-order chi connectivity index (χ1) is 9.66. The van der Waals surface area contributed by atoms with Crippen LogP contribution in [0.2, 0.25) is 0 Å². The molecule has 1 aromatic carbocycles. The lowest BCUT2D eigenvalue weighted by molar-refractivity contribution is 0.557. The standard InChI is InChI=1S/C13H16N4O2S/c18-20(19,10-7-13-5-2-1-3-6-13)16-8-4-9-17-12-14-11-15-17/h1-3,5-7,10-12,16H,4,8-9H2/b10-7+. The molecule has 1 aromatic heterocycles. The maximum absolute atomic E-state index is 11.7. The molecule has 6 nitrogen and oxygen atoms in total. The Balaban J connectivity index is 1.78. The predicted molar refractivity (Wildman–Crippen MR) is 77.0 cm³/mol. The van der Waals surface area contributed by atoms with Gasteiger partial charge in [-0.15, -0.1) is 0 Å². The SMILES string of the molecule is O=S(=O)(/C=C/c1ccccc1)NCCCn1cncn1. The van der Waals surface area contributed by atoms with Gasteiger partial charge in [0.05, 0.1) is 0 Å². The number of benzene rings is 1. The molecule has 0 fully saturated rings. The summed E-state index contributed by atoms with van der Waals surface area (Å²) in [5.41, 5.74) is 0.848. The smallest absolute Gasteiger partial charge is 0.233 e. The van der Waals surface area contributed by atoms with Crippen molar-refractivity contribution in [2.24, 2.45) is 0 Å². The van der Waals surface area contributed by atoms with Crippen molar-refractivity contribution < 1.29 is 8.42 Å². The van der Waals surface area contributed by atoms with Gasteiger partial charge in [0.2, 0.25) is 10.0 Å². The topological polar surface area (TPSA) is 76.9 Å². The Labute approximate surface area is 118 Å². The maximum atomic E-state index is 11.7. The number of hydrogen-bond donors (Lipinski definition) is 1. The van der Waals surface area contributed by atoms with Gasteiger partial charge < -0.3 is 0 Å². The average Bonchev–Trinajstić information content (AvgIpc) is 2.96. The Kier molecular flexibility index (Phi) is 5.03. The van der Waals surface area contributed by atoms with Crippen molar-refractivity contribution in [3.63, 3.8) is 0 Å². The van der Waals surface area contributed by atoms with E-state index in [1.807, 2.05) is 30.3 Å². The van der Waals surface area contributed by atoms with Crippen molar-refractivity contribution in [3.05, 3.63) is 54.0 Å². The Morgan fingerprint density at radius 2 is 2.05 bits per heavy atom. The molecular formula is C13H16N4O2S. The second kappa shape index (κ2) is 6.97. The van der Waals surface area contributed by atoms with Crippen molar-refractivity contribution >= 4 is 16.1 Å². The molecule has 0 amide bonds. The number of nitrogens with one attached hydrogen (secondary N) is 1. The lowest BCUT2D eigenvalue weighted by Crippen LogP contribution is -2.23. The van der Waals surface area contributed by atoms with E-state index in [0.29, 0.717) is 19.5 Å². The van der Waals surface area contributed by atoms with E-state index in [-0.39, 0.29) is 0 Å². The van der Waals surface area contributed by atoms with E-state index in [4.69, 9.17) is 0 Å². The summed E-state index contributed by atoms with van der Waals surface area (Å²) >= 11 is 0. The van der Waals surface area contributed by atoms with Crippen molar-refractivity contribution in [1.29, 1.82) is 0 Å². The van der Waals surface area contributed by atoms with E-state index < -0.39 is 10.0 Å². The van der Waals surface area contributed by atoms with Crippen LogP contribution in [-0.2, 0) is 16.6 Å². The molecule has 2 rings (SSSR count). The summed E-state index contributed by atoms with van der Waals surface area (Å²) < 4.78 is 27.6. The molecule has 0 unspecified atom stereocenters. The summed E-state index contributed by atoms with van der Waals surface area (Å²) in [4.78, 5) is 3.81. The third kappa shape index (κ3) is 4.94. The van der Waals surface area contributed by atoms with E-state index >= 15 is 0 Å². The van der Waals surface area contributed by atoms with E-state index in [2.05, 4.69) is 14.8 Å². The minimum absolute atomic E-state index is 0.362. The number of aryl methyl sites for hydroxylation is 1. The molecule has 0 aliphatic heterocycles. The fraction of sp³-hybridized carbons (Fsp3) is 0.231. The van der Waals surface area contributed by atoms with Gasteiger partial charge in [-0.05, 0) is 18.1 Å². The van der Waals surface area contributed by atoms with E-state index in [1.165, 1.54) is 11.7 Å². The fourth-order valence-corrected chi connectivity index (χ4v) is 2.45. The summed E-state index contributed by atoms with van der Waals surface area (Å²) in [7, 11) is -3.40. The van der Waals surface area contributed by atoms with Crippen LogP contribution in [0.1, 0.15) is 12.0 Å². The Morgan fingerprint density at radius 3 is 2.75 bits per heavy atom.